The lowest BCUT2D eigenvalue weighted by atomic mass is 10.1. The number of benzene rings is 6. The zero-order valence-corrected chi connectivity index (χ0v) is 62.4. The number of hydrogen-bond acceptors (Lipinski definition) is 26. The number of fused-ring (bicyclic) bond motifs is 6. The van der Waals surface area contributed by atoms with Gasteiger partial charge in [0, 0.05) is 64.6 Å². The largest absolute Gasteiger partial charge is 0.507 e. The third kappa shape index (κ3) is 17.8. The summed E-state index contributed by atoms with van der Waals surface area (Å²) in [6.45, 7) is 11.9. The van der Waals surface area contributed by atoms with Crippen LogP contribution < -0.4 is 18.9 Å². The lowest BCUT2D eigenvalue weighted by Gasteiger charge is -2.07. The number of epoxide rings is 2. The van der Waals surface area contributed by atoms with E-state index in [4.69, 9.17) is 59.7 Å². The summed E-state index contributed by atoms with van der Waals surface area (Å²) in [5, 5.41) is 22.4. The van der Waals surface area contributed by atoms with Gasteiger partial charge in [-0.1, -0.05) is 57.2 Å². The number of sulfone groups is 3. The molecule has 6 aromatic carbocycles. The number of aliphatic imine (C=N–C) groups is 1. The fourth-order valence-electron chi connectivity index (χ4n) is 9.73. The molecule has 2 N–H and O–H groups in total. The number of furan rings is 6. The van der Waals surface area contributed by atoms with Gasteiger partial charge in [0.1, 0.15) is 100 Å². The molecule has 2 fully saturated rings. The van der Waals surface area contributed by atoms with Gasteiger partial charge in [-0.2, -0.15) is 0 Å². The minimum atomic E-state index is -3.60. The maximum absolute atomic E-state index is 11.9. The quantitative estimate of drug-likeness (QED) is 0.0710. The molecule has 556 valence electrons. The Kier molecular flexibility index (Phi) is 23.3. The summed E-state index contributed by atoms with van der Waals surface area (Å²) in [6.07, 6.45) is 0.385. The number of aromatic hydroxyl groups is 2. The molecule has 0 saturated carbocycles. The van der Waals surface area contributed by atoms with Crippen LogP contribution in [0.15, 0.2) is 203 Å². The summed E-state index contributed by atoms with van der Waals surface area (Å²) in [5.74, 6) is 3.87. The van der Waals surface area contributed by atoms with Crippen molar-refractivity contribution in [1.82, 2.24) is 8.61 Å². The van der Waals surface area contributed by atoms with E-state index < -0.39 is 49.6 Å². The summed E-state index contributed by atoms with van der Waals surface area (Å²) in [6, 6.07) is 40.0. The Morgan fingerprint density at radius 3 is 1.06 bits per heavy atom. The summed E-state index contributed by atoms with van der Waals surface area (Å²) < 4.78 is 189. The van der Waals surface area contributed by atoms with E-state index in [0.29, 0.717) is 104 Å². The Hall–Kier alpha value is -9.58. The van der Waals surface area contributed by atoms with Gasteiger partial charge >= 0.3 is 0 Å². The first-order valence-electron chi connectivity index (χ1n) is 32.1. The van der Waals surface area contributed by atoms with E-state index in [1.807, 2.05) is 38.1 Å². The van der Waals surface area contributed by atoms with E-state index >= 15 is 0 Å². The van der Waals surface area contributed by atoms with Crippen molar-refractivity contribution in [3.05, 3.63) is 151 Å². The van der Waals surface area contributed by atoms with E-state index in [1.54, 1.807) is 99.6 Å². The molecule has 6 aromatic heterocycles. The smallest absolute Gasteiger partial charge is 0.275 e. The molecule has 15 rings (SSSR count). The van der Waals surface area contributed by atoms with Crippen LogP contribution >= 0.6 is 0 Å². The highest BCUT2D eigenvalue weighted by Crippen LogP contribution is 2.37. The molecule has 0 amide bonds. The van der Waals surface area contributed by atoms with Crippen molar-refractivity contribution in [2.24, 2.45) is 4.99 Å². The van der Waals surface area contributed by atoms with Gasteiger partial charge < -0.3 is 69.9 Å². The van der Waals surface area contributed by atoms with Crippen LogP contribution in [0, 0.1) is 0 Å². The molecule has 104 heavy (non-hydrogen) atoms. The highest BCUT2D eigenvalue weighted by Gasteiger charge is 2.31. The van der Waals surface area contributed by atoms with Crippen LogP contribution in [-0.4, -0.2) is 177 Å². The SMILES string of the molecule is CC1(C)COC(c2cc3c(OC[C@@H]4CO4)cccc3o2)=N1.CCS(=O)(=O)c1cc2c(O)cccc2o1.CCS(=O)(=O)c1cc2c(OC)cccc2o1.CCS(=O)(=O)c1cc2c(OC[C@@H]3CO3)cccc2o1.CN(C)S(=O)(=O)c1cc2c(O)cccc2o1.COc1cccc2oc(S(=O)(=O)N(C)C)cc12. The van der Waals surface area contributed by atoms with Gasteiger partial charge in [0.15, 0.2) is 5.76 Å². The van der Waals surface area contributed by atoms with Crippen LogP contribution in [0.4, 0.5) is 0 Å². The van der Waals surface area contributed by atoms with Crippen molar-refractivity contribution < 1.29 is 112 Å². The molecule has 9 heterocycles. The first-order valence-corrected chi connectivity index (χ1v) is 39.9. The molecule has 0 radical (unpaired) electrons. The fourth-order valence-corrected chi connectivity index (χ4v) is 13.8. The predicted octanol–water partition coefficient (Wildman–Crippen LogP) is 12.0. The highest BCUT2D eigenvalue weighted by molar-refractivity contribution is 7.92. The zero-order chi connectivity index (χ0) is 75.3. The number of ether oxygens (including phenoxy) is 7. The van der Waals surface area contributed by atoms with Gasteiger partial charge in [0.25, 0.3) is 25.9 Å². The van der Waals surface area contributed by atoms with Crippen LogP contribution in [-0.2, 0) is 63.8 Å². The van der Waals surface area contributed by atoms with Gasteiger partial charge in [-0.3, -0.25) is 0 Å². The normalized spacial score (nSPS) is 15.5. The second-order valence-corrected chi connectivity index (χ2v) is 35.0. The zero-order valence-electron chi connectivity index (χ0n) is 58.3. The molecule has 2 saturated heterocycles. The first kappa shape index (κ1) is 77.0. The minimum Gasteiger partial charge on any atom is -0.507 e. The third-order valence-electron chi connectivity index (χ3n) is 15.9. The molecular weight excluding hydrogens is 1460 g/mol. The molecule has 0 unspecified atom stereocenters. The Labute approximate surface area is 599 Å². The average Bonchev–Trinajstić information content (AvgIpc) is 1.65. The lowest BCUT2D eigenvalue weighted by molar-refractivity contribution is 0.265. The third-order valence-corrected chi connectivity index (χ3v) is 23.9. The lowest BCUT2D eigenvalue weighted by Crippen LogP contribution is -2.21. The molecule has 3 aliphatic heterocycles. The van der Waals surface area contributed by atoms with Crippen LogP contribution in [0.5, 0.6) is 34.5 Å². The second-order valence-electron chi connectivity index (χ2n) is 24.2. The van der Waals surface area contributed by atoms with E-state index in [1.165, 1.54) is 84.9 Å². The number of phenols is 2. The van der Waals surface area contributed by atoms with Gasteiger partial charge in [-0.15, -0.1) is 0 Å². The average molecular weight is 1530 g/mol. The Bertz CT molecular complexity index is 5700. The van der Waals surface area contributed by atoms with E-state index in [9.17, 15) is 52.3 Å². The van der Waals surface area contributed by atoms with Crippen molar-refractivity contribution >= 4 is 121 Å². The van der Waals surface area contributed by atoms with Gasteiger partial charge in [0.2, 0.25) is 55.0 Å². The number of phenolic OH excluding ortho intramolecular Hbond substituents is 2. The summed E-state index contributed by atoms with van der Waals surface area (Å²) in [5.41, 5.74) is 2.83. The number of methoxy groups -OCH3 is 2. The van der Waals surface area contributed by atoms with Crippen molar-refractivity contribution in [1.29, 1.82) is 0 Å². The molecule has 3 aliphatic rings. The van der Waals surface area contributed by atoms with Gasteiger partial charge in [0.05, 0.1) is 82.5 Å². The van der Waals surface area contributed by atoms with E-state index in [0.717, 1.165) is 38.5 Å². The maximum atomic E-state index is 11.9. The summed E-state index contributed by atoms with van der Waals surface area (Å²) >= 11 is 0. The fraction of sp³-hybridized carbons (Fsp3) is 0.310. The van der Waals surface area contributed by atoms with Crippen LogP contribution in [0.25, 0.3) is 65.8 Å². The van der Waals surface area contributed by atoms with Crippen LogP contribution in [0.1, 0.15) is 40.4 Å². The topological polar surface area (TPSA) is 380 Å². The highest BCUT2D eigenvalue weighted by atomic mass is 32.2. The molecule has 0 spiro atoms. The van der Waals surface area contributed by atoms with Crippen LogP contribution in [0.2, 0.25) is 0 Å². The van der Waals surface area contributed by atoms with Crippen molar-refractivity contribution in [3.8, 4) is 34.5 Å². The van der Waals surface area contributed by atoms with Crippen molar-refractivity contribution in [3.63, 3.8) is 0 Å². The van der Waals surface area contributed by atoms with Crippen molar-refractivity contribution in [2.75, 3.05) is 92.7 Å². The van der Waals surface area contributed by atoms with E-state index in [-0.39, 0.29) is 72.0 Å². The van der Waals surface area contributed by atoms with Gasteiger partial charge in [-0.05, 0) is 86.6 Å². The molecule has 33 heteroatoms. The first-order chi connectivity index (χ1) is 49.2. The minimum absolute atomic E-state index is 0.00135. The Balaban J connectivity index is 0.000000134. The Morgan fingerprint density at radius 1 is 0.433 bits per heavy atom. The number of hydrogen-bond donors (Lipinski definition) is 2. The number of sulfonamides is 2. The Morgan fingerprint density at radius 2 is 0.731 bits per heavy atom. The molecule has 0 aliphatic carbocycles. The number of rotatable bonds is 19. The molecular formula is C71H77N3O25S5. The maximum Gasteiger partial charge on any atom is 0.275 e. The van der Waals surface area contributed by atoms with Crippen molar-refractivity contribution in [2.45, 2.75) is 77.8 Å². The standard InChI is InChI=1S/C16H17NO4.C13H14O5S.C11H13NO4S.C11H12O4S.C10H11NO4S.C10H10O4S/c1-16(2)9-20-15(17-16)14-6-11-12(19-8-10-7-18-10)4-3-5-13(11)21-14;1-2-19(14,15)13-6-10-11(17-8-9-7-16-9)4-3-5-12(10)18-13;1-12(2)17(13,14)11-7-8-9(15-3)5-4-6-10(8)16-11;1-3-16(12,13)11-7-8-9(14-2)5-4-6-10(8)15-11;1-11(2)16(13,14)10-6-7-8(12)4-3-5-9(7)15-10;1-2-15(12,13)10-6-7-8(11)4-3-5-9(7)14-10/h3-6,10H,7-9H2,1-2H3;3-6,9H,2,7-8H2,1H3;4-7H,1-3H3;4-7H,3H2,1-2H3;3-6,12H,1-2H3;3-6,11H,2H2,1H3/t10-;9-;;;;/m00..../s1. The second kappa shape index (κ2) is 31.4. The molecule has 12 aromatic rings. The molecule has 2 atom stereocenters. The molecule has 0 bridgehead atoms. The summed E-state index contributed by atoms with van der Waals surface area (Å²) in [4.78, 5) is 4.54. The van der Waals surface area contributed by atoms with E-state index in [2.05, 4.69) is 4.99 Å². The summed E-state index contributed by atoms with van der Waals surface area (Å²) in [7, 11) is -8.34. The number of nitrogens with zero attached hydrogens (tertiary/aromatic N) is 3. The monoisotopic (exact) mass is 1530 g/mol. The predicted molar refractivity (Wildman–Crippen MR) is 386 cm³/mol. The van der Waals surface area contributed by atoms with Gasteiger partial charge in [-0.25, -0.2) is 55.7 Å². The molecule has 28 nitrogen and oxygen atoms in total. The van der Waals surface area contributed by atoms with Crippen LogP contribution in [0.3, 0.4) is 0 Å².